The lowest BCUT2D eigenvalue weighted by molar-refractivity contribution is 0.0944. The number of rotatable bonds is 5. The fourth-order valence-corrected chi connectivity index (χ4v) is 2.41. The number of nitrogens with one attached hydrogen (secondary N) is 2. The van der Waals surface area contributed by atoms with Gasteiger partial charge in [-0.2, -0.15) is 0 Å². The highest BCUT2D eigenvalue weighted by Crippen LogP contribution is 2.27. The Bertz CT molecular complexity index is 462. The van der Waals surface area contributed by atoms with Crippen molar-refractivity contribution in [2.45, 2.75) is 12.8 Å². The minimum Gasteiger partial charge on any atom is -0.493 e. The number of carbonyl (C=O) groups excluding carboxylic acids is 1. The fourth-order valence-electron chi connectivity index (χ4n) is 2.41. The molecule has 118 valence electrons. The van der Waals surface area contributed by atoms with Crippen molar-refractivity contribution in [1.82, 2.24) is 10.6 Å². The number of methoxy groups -OCH3 is 2. The van der Waals surface area contributed by atoms with Crippen LogP contribution in [-0.4, -0.2) is 39.8 Å². The Balaban J connectivity index is 0.00000220. The molecule has 5 nitrogen and oxygen atoms in total. The van der Waals surface area contributed by atoms with Crippen LogP contribution in [0.5, 0.6) is 11.5 Å². The molecule has 1 unspecified atom stereocenters. The van der Waals surface area contributed by atoms with Crippen molar-refractivity contribution in [3.05, 3.63) is 23.8 Å². The molecule has 0 radical (unpaired) electrons. The second-order valence-electron chi connectivity index (χ2n) is 4.99. The average Bonchev–Trinajstić information content (AvgIpc) is 2.52. The topological polar surface area (TPSA) is 59.6 Å². The van der Waals surface area contributed by atoms with Crippen LogP contribution in [0.4, 0.5) is 0 Å². The highest BCUT2D eigenvalue weighted by Gasteiger charge is 2.15. The van der Waals surface area contributed by atoms with Crippen LogP contribution >= 0.6 is 12.4 Å². The van der Waals surface area contributed by atoms with Crippen molar-refractivity contribution in [2.24, 2.45) is 5.92 Å². The van der Waals surface area contributed by atoms with Crippen LogP contribution in [0.3, 0.4) is 0 Å². The molecule has 1 aromatic carbocycles. The van der Waals surface area contributed by atoms with E-state index in [2.05, 4.69) is 10.6 Å². The molecule has 2 rings (SSSR count). The maximum atomic E-state index is 12.1. The monoisotopic (exact) mass is 314 g/mol. The molecule has 1 aliphatic heterocycles. The van der Waals surface area contributed by atoms with Crippen molar-refractivity contribution in [3.8, 4) is 11.5 Å². The summed E-state index contributed by atoms with van der Waals surface area (Å²) in [4.78, 5) is 12.1. The van der Waals surface area contributed by atoms with Crippen LogP contribution in [-0.2, 0) is 0 Å². The Morgan fingerprint density at radius 2 is 2.10 bits per heavy atom. The van der Waals surface area contributed by atoms with Crippen molar-refractivity contribution >= 4 is 18.3 Å². The van der Waals surface area contributed by atoms with E-state index in [0.717, 1.165) is 13.1 Å². The molecule has 21 heavy (non-hydrogen) atoms. The van der Waals surface area contributed by atoms with Crippen LogP contribution in [0.1, 0.15) is 23.2 Å². The second kappa shape index (κ2) is 8.74. The summed E-state index contributed by atoms with van der Waals surface area (Å²) >= 11 is 0. The van der Waals surface area contributed by atoms with Gasteiger partial charge in [0.1, 0.15) is 0 Å². The van der Waals surface area contributed by atoms with Gasteiger partial charge in [-0.25, -0.2) is 0 Å². The fraction of sp³-hybridized carbons (Fsp3) is 0.533. The summed E-state index contributed by atoms with van der Waals surface area (Å²) in [6.07, 6.45) is 2.34. The summed E-state index contributed by atoms with van der Waals surface area (Å²) in [5.74, 6) is 1.64. The quantitative estimate of drug-likeness (QED) is 0.871. The van der Waals surface area contributed by atoms with E-state index in [4.69, 9.17) is 9.47 Å². The zero-order valence-electron chi connectivity index (χ0n) is 12.5. The number of hydrogen-bond donors (Lipinski definition) is 2. The highest BCUT2D eigenvalue weighted by atomic mass is 35.5. The van der Waals surface area contributed by atoms with Gasteiger partial charge in [-0.1, -0.05) is 0 Å². The van der Waals surface area contributed by atoms with E-state index in [1.165, 1.54) is 12.8 Å². The minimum absolute atomic E-state index is 0. The summed E-state index contributed by atoms with van der Waals surface area (Å²) in [5, 5.41) is 6.33. The largest absolute Gasteiger partial charge is 0.493 e. The molecular formula is C15H23ClN2O3. The van der Waals surface area contributed by atoms with Gasteiger partial charge in [-0.3, -0.25) is 4.79 Å². The highest BCUT2D eigenvalue weighted by molar-refractivity contribution is 5.94. The van der Waals surface area contributed by atoms with Gasteiger partial charge >= 0.3 is 0 Å². The third-order valence-electron chi connectivity index (χ3n) is 3.60. The SMILES string of the molecule is COc1ccc(C(=O)NCC2CCCNC2)cc1OC.Cl. The van der Waals surface area contributed by atoms with E-state index in [1.54, 1.807) is 32.4 Å². The van der Waals surface area contributed by atoms with E-state index in [9.17, 15) is 4.79 Å². The van der Waals surface area contributed by atoms with Crippen LogP contribution in [0.25, 0.3) is 0 Å². The number of halogens is 1. The number of ether oxygens (including phenoxy) is 2. The van der Waals surface area contributed by atoms with E-state index in [-0.39, 0.29) is 18.3 Å². The van der Waals surface area contributed by atoms with Gasteiger partial charge in [0, 0.05) is 12.1 Å². The van der Waals surface area contributed by atoms with E-state index in [1.807, 2.05) is 0 Å². The molecule has 1 aliphatic rings. The summed E-state index contributed by atoms with van der Waals surface area (Å²) in [6.45, 7) is 2.77. The third kappa shape index (κ3) is 4.79. The molecule has 0 aromatic heterocycles. The van der Waals surface area contributed by atoms with E-state index >= 15 is 0 Å². The first-order chi connectivity index (χ1) is 9.74. The van der Waals surface area contributed by atoms with Gasteiger partial charge in [-0.15, -0.1) is 12.4 Å². The van der Waals surface area contributed by atoms with Gasteiger partial charge in [0.05, 0.1) is 14.2 Å². The summed E-state index contributed by atoms with van der Waals surface area (Å²) in [6, 6.07) is 5.19. The number of piperidine rings is 1. The average molecular weight is 315 g/mol. The zero-order chi connectivity index (χ0) is 14.4. The molecule has 6 heteroatoms. The molecule has 1 saturated heterocycles. The van der Waals surface area contributed by atoms with Crippen LogP contribution in [0.15, 0.2) is 18.2 Å². The maximum absolute atomic E-state index is 12.1. The number of benzene rings is 1. The molecule has 1 atom stereocenters. The number of carbonyl (C=O) groups is 1. The molecule has 1 aromatic rings. The molecule has 1 heterocycles. The molecule has 0 spiro atoms. The first kappa shape index (κ1) is 17.6. The Kier molecular flexibility index (Phi) is 7.32. The third-order valence-corrected chi connectivity index (χ3v) is 3.60. The Morgan fingerprint density at radius 1 is 1.33 bits per heavy atom. The Labute approximate surface area is 131 Å². The van der Waals surface area contributed by atoms with Gasteiger partial charge in [0.2, 0.25) is 0 Å². The Morgan fingerprint density at radius 3 is 2.71 bits per heavy atom. The summed E-state index contributed by atoms with van der Waals surface area (Å²) < 4.78 is 10.4. The molecule has 0 bridgehead atoms. The molecule has 2 N–H and O–H groups in total. The van der Waals surface area contributed by atoms with Gasteiger partial charge in [-0.05, 0) is 50.0 Å². The van der Waals surface area contributed by atoms with Gasteiger partial charge in [0.15, 0.2) is 11.5 Å². The predicted molar refractivity (Wildman–Crippen MR) is 84.7 cm³/mol. The standard InChI is InChI=1S/C15H22N2O3.ClH/c1-19-13-6-5-12(8-14(13)20-2)15(18)17-10-11-4-3-7-16-9-11;/h5-6,8,11,16H,3-4,7,9-10H2,1-2H3,(H,17,18);1H. The molecule has 1 amide bonds. The smallest absolute Gasteiger partial charge is 0.251 e. The van der Waals surface area contributed by atoms with Crippen LogP contribution < -0.4 is 20.1 Å². The molecule has 1 fully saturated rings. The normalized spacial score (nSPS) is 17.5. The van der Waals surface area contributed by atoms with Crippen LogP contribution in [0, 0.1) is 5.92 Å². The number of hydrogen-bond acceptors (Lipinski definition) is 4. The predicted octanol–water partition coefficient (Wildman–Crippen LogP) is 1.85. The van der Waals surface area contributed by atoms with Crippen LogP contribution in [0.2, 0.25) is 0 Å². The van der Waals surface area contributed by atoms with Crippen molar-refractivity contribution in [3.63, 3.8) is 0 Å². The lowest BCUT2D eigenvalue weighted by Crippen LogP contribution is -2.38. The van der Waals surface area contributed by atoms with E-state index < -0.39 is 0 Å². The van der Waals surface area contributed by atoms with Gasteiger partial charge < -0.3 is 20.1 Å². The zero-order valence-corrected chi connectivity index (χ0v) is 13.3. The van der Waals surface area contributed by atoms with Crippen molar-refractivity contribution in [2.75, 3.05) is 33.9 Å². The lowest BCUT2D eigenvalue weighted by Gasteiger charge is -2.22. The maximum Gasteiger partial charge on any atom is 0.251 e. The lowest BCUT2D eigenvalue weighted by atomic mass is 9.99. The van der Waals surface area contributed by atoms with E-state index in [0.29, 0.717) is 29.5 Å². The molecule has 0 saturated carbocycles. The molecular weight excluding hydrogens is 292 g/mol. The number of amides is 1. The minimum atomic E-state index is -0.0727. The second-order valence-corrected chi connectivity index (χ2v) is 4.99. The van der Waals surface area contributed by atoms with Gasteiger partial charge in [0.25, 0.3) is 5.91 Å². The summed E-state index contributed by atoms with van der Waals surface area (Å²) in [5.41, 5.74) is 0.589. The molecule has 0 aliphatic carbocycles. The Hall–Kier alpha value is -1.46. The first-order valence-corrected chi connectivity index (χ1v) is 6.95. The summed E-state index contributed by atoms with van der Waals surface area (Å²) in [7, 11) is 3.14. The van der Waals surface area contributed by atoms with Crippen molar-refractivity contribution in [1.29, 1.82) is 0 Å². The first-order valence-electron chi connectivity index (χ1n) is 6.95. The van der Waals surface area contributed by atoms with Crippen molar-refractivity contribution < 1.29 is 14.3 Å².